The molecule has 394 valence electrons. The van der Waals surface area contributed by atoms with Crippen LogP contribution in [-0.2, 0) is 13.4 Å². The summed E-state index contributed by atoms with van der Waals surface area (Å²) in [5, 5.41) is 0. The van der Waals surface area contributed by atoms with E-state index in [1.54, 1.807) is 18.7 Å². The van der Waals surface area contributed by atoms with E-state index in [4.69, 9.17) is 4.89 Å². The van der Waals surface area contributed by atoms with Crippen molar-refractivity contribution in [2.45, 2.75) is 237 Å². The third-order valence-electron chi connectivity index (χ3n) is 12.4. The van der Waals surface area contributed by atoms with Gasteiger partial charge in [0.1, 0.15) is 0 Å². The molecule has 0 aromatic carbocycles. The van der Waals surface area contributed by atoms with E-state index in [1.165, 1.54) is 246 Å². The van der Waals surface area contributed by atoms with Crippen molar-refractivity contribution in [3.05, 3.63) is 18.7 Å². The highest BCUT2D eigenvalue weighted by Gasteiger charge is 2.27. The van der Waals surface area contributed by atoms with Gasteiger partial charge in [-0.2, -0.15) is 0 Å². The van der Waals surface area contributed by atoms with Crippen molar-refractivity contribution in [1.29, 1.82) is 0 Å². The van der Waals surface area contributed by atoms with Crippen LogP contribution in [0.5, 0.6) is 0 Å². The van der Waals surface area contributed by atoms with E-state index in [0.717, 1.165) is 0 Å². The maximum Gasteiger partial charge on any atom is 0.269 e. The lowest BCUT2D eigenvalue weighted by atomic mass is 10.1. The Morgan fingerprint density at radius 2 is 0.600 bits per heavy atom. The molecule has 14 heteroatoms. The number of unbranched alkanes of at least 4 members (excludes halogenated alkanes) is 12. The van der Waals surface area contributed by atoms with Crippen molar-refractivity contribution in [3.8, 4) is 0 Å². The molecule has 0 fully saturated rings. The number of imidazole rings is 1. The molecule has 12 nitrogen and oxygen atoms in total. The van der Waals surface area contributed by atoms with Gasteiger partial charge in [0.15, 0.2) is 0 Å². The third-order valence-corrected chi connectivity index (χ3v) is 14.1. The summed E-state index contributed by atoms with van der Waals surface area (Å²) >= 11 is 0. The lowest BCUT2D eigenvalue weighted by Crippen LogP contribution is -2.50. The Kier molecular flexibility index (Phi) is 52.8. The first-order chi connectivity index (χ1) is 30.9. The summed E-state index contributed by atoms with van der Waals surface area (Å²) < 4.78 is 25.7. The number of nitrogens with zero attached hydrogens (tertiary/aromatic N) is 4. The summed E-state index contributed by atoms with van der Waals surface area (Å²) in [5.41, 5.74) is 0. The Hall–Kier alpha value is -0.650. The molecule has 0 aliphatic heterocycles. The quantitative estimate of drug-likeness (QED) is 0.0489. The van der Waals surface area contributed by atoms with Crippen molar-refractivity contribution in [2.75, 3.05) is 78.5 Å². The van der Waals surface area contributed by atoms with Crippen LogP contribution in [0.15, 0.2) is 18.7 Å². The Balaban J connectivity index is -0.000000374. The molecule has 65 heavy (non-hydrogen) atoms. The van der Waals surface area contributed by atoms with Crippen LogP contribution in [0.1, 0.15) is 237 Å². The molecule has 0 aliphatic rings. The monoisotopic (exact) mass is 970 g/mol. The summed E-state index contributed by atoms with van der Waals surface area (Å²) in [4.78, 5) is 42.1. The maximum atomic E-state index is 9.44. The smallest absolute Gasteiger partial charge is 0.269 e. The molecular formula is C51H113N5O7P2. The van der Waals surface area contributed by atoms with Gasteiger partial charge in [-0.05, 0) is 77.0 Å². The number of hydrogen-bond donors (Lipinski definition) is 2. The van der Waals surface area contributed by atoms with Gasteiger partial charge in [0, 0.05) is 12.4 Å². The van der Waals surface area contributed by atoms with Crippen LogP contribution in [0, 0.1) is 0 Å². The van der Waals surface area contributed by atoms with Crippen molar-refractivity contribution in [1.82, 2.24) is 9.97 Å². The van der Waals surface area contributed by atoms with Crippen molar-refractivity contribution in [3.63, 3.8) is 0 Å². The third kappa shape index (κ3) is 48.2. The van der Waals surface area contributed by atoms with Gasteiger partial charge in [-0.1, -0.05) is 160 Å². The standard InChI is InChI=1S/3C16H36N.C3H4N2.H4O7P2/c3*1-5-9-13-17(14-10-6-2,15-11-7-3)16-12-8-4;1-2-5-3-4-1;1-8(2,3)7-9(4,5)6/h3*5-16H2,1-4H3;1-3H,(H,4,5);(H2,1,2,3)(H2,4,5,6)/q3*+1;;/p-3. The lowest BCUT2D eigenvalue weighted by molar-refractivity contribution is -0.929. The van der Waals surface area contributed by atoms with Gasteiger partial charge in [-0.3, -0.25) is 8.88 Å². The molecule has 0 aliphatic carbocycles. The topological polar surface area (TPSA) is 161 Å². The molecule has 0 spiro atoms. The number of quaternary nitrogens is 3. The first kappa shape index (κ1) is 70.9. The summed E-state index contributed by atoms with van der Waals surface area (Å²) in [6, 6.07) is 0. The number of rotatable bonds is 38. The molecule has 1 unspecified atom stereocenters. The number of aromatic amines is 1. The highest BCUT2D eigenvalue weighted by atomic mass is 31.3. The molecule has 1 rings (SSSR count). The molecular weight excluding hydrogens is 857 g/mol. The van der Waals surface area contributed by atoms with Gasteiger partial charge in [0.25, 0.3) is 7.82 Å². The molecule has 1 heterocycles. The first-order valence-electron chi connectivity index (χ1n) is 27.2. The van der Waals surface area contributed by atoms with E-state index in [0.29, 0.717) is 0 Å². The second kappa shape index (κ2) is 48.4. The average molecular weight is 970 g/mol. The zero-order valence-electron chi connectivity index (χ0n) is 45.3. The number of hydrogen-bond acceptors (Lipinski definition) is 7. The summed E-state index contributed by atoms with van der Waals surface area (Å²) in [7, 11) is -11.0. The van der Waals surface area contributed by atoms with Gasteiger partial charge >= 0.3 is 0 Å². The fraction of sp³-hybridized carbons (Fsp3) is 0.941. The van der Waals surface area contributed by atoms with Crippen LogP contribution in [0.4, 0.5) is 0 Å². The van der Waals surface area contributed by atoms with Gasteiger partial charge in [-0.15, -0.1) is 0 Å². The zero-order chi connectivity index (χ0) is 50.2. The predicted octanol–water partition coefficient (Wildman–Crippen LogP) is 12.7. The predicted molar refractivity (Wildman–Crippen MR) is 275 cm³/mol. The van der Waals surface area contributed by atoms with Crippen LogP contribution < -0.4 is 14.7 Å². The van der Waals surface area contributed by atoms with Crippen molar-refractivity contribution < 1.29 is 46.5 Å². The van der Waals surface area contributed by atoms with Crippen LogP contribution in [0.2, 0.25) is 0 Å². The Morgan fingerprint density at radius 1 is 0.415 bits per heavy atom. The number of nitrogens with one attached hydrogen (secondary N) is 1. The van der Waals surface area contributed by atoms with E-state index in [2.05, 4.69) is 97.4 Å². The minimum atomic E-state index is -5.61. The maximum absolute atomic E-state index is 9.44. The van der Waals surface area contributed by atoms with E-state index < -0.39 is 15.6 Å². The highest BCUT2D eigenvalue weighted by Crippen LogP contribution is 2.45. The highest BCUT2D eigenvalue weighted by molar-refractivity contribution is 7.58. The molecule has 0 bridgehead atoms. The minimum Gasteiger partial charge on any atom is -0.790 e. The summed E-state index contributed by atoms with van der Waals surface area (Å²) in [5.74, 6) is 0. The van der Waals surface area contributed by atoms with Gasteiger partial charge in [-0.25, -0.2) is 4.98 Å². The number of aromatic nitrogens is 2. The molecule has 0 amide bonds. The van der Waals surface area contributed by atoms with E-state index in [-0.39, 0.29) is 0 Å². The van der Waals surface area contributed by atoms with E-state index >= 15 is 0 Å². The number of H-pyrrole nitrogens is 1. The second-order valence-electron chi connectivity index (χ2n) is 18.7. The molecule has 2 N–H and O–H groups in total. The van der Waals surface area contributed by atoms with Crippen LogP contribution in [0.3, 0.4) is 0 Å². The normalized spacial score (nSPS) is 12.7. The number of phosphoric acid groups is 2. The fourth-order valence-electron chi connectivity index (χ4n) is 8.28. The SMILES string of the molecule is CCCC[N+](CCCC)(CCCC)CCCC.CCCC[N+](CCCC)(CCCC)CCCC.CCCC[N+](CCCC)(CCCC)CCCC.O=P([O-])([O-])OP(=O)([O-])O.c1c[nH]cn1. The van der Waals surface area contributed by atoms with Crippen LogP contribution in [-0.4, -0.2) is 107 Å². The molecule has 1 aromatic rings. The Labute approximate surface area is 405 Å². The summed E-state index contributed by atoms with van der Waals surface area (Å²) in [6.07, 6.45) is 38.3. The zero-order valence-corrected chi connectivity index (χ0v) is 47.1. The van der Waals surface area contributed by atoms with Gasteiger partial charge < -0.3 is 42.6 Å². The fourth-order valence-corrected chi connectivity index (χ4v) is 9.29. The second-order valence-corrected chi connectivity index (χ2v) is 21.2. The lowest BCUT2D eigenvalue weighted by Gasteiger charge is -2.39. The Bertz CT molecular complexity index is 919. The largest absolute Gasteiger partial charge is 0.790 e. The van der Waals surface area contributed by atoms with E-state index in [9.17, 15) is 23.8 Å². The van der Waals surface area contributed by atoms with Crippen molar-refractivity contribution >= 4 is 15.6 Å². The van der Waals surface area contributed by atoms with Gasteiger partial charge in [0.05, 0.1) is 92.7 Å². The van der Waals surface area contributed by atoms with Crippen LogP contribution in [0.25, 0.3) is 0 Å². The van der Waals surface area contributed by atoms with Crippen molar-refractivity contribution in [2.24, 2.45) is 0 Å². The molecule has 1 atom stereocenters. The average Bonchev–Trinajstić information content (AvgIpc) is 3.88. The minimum absolute atomic E-state index is 1.35. The molecule has 0 radical (unpaired) electrons. The van der Waals surface area contributed by atoms with Crippen LogP contribution >= 0.6 is 15.6 Å². The summed E-state index contributed by atoms with van der Waals surface area (Å²) in [6.45, 7) is 45.1. The molecule has 0 saturated heterocycles. The molecule has 0 saturated carbocycles. The first-order valence-corrected chi connectivity index (χ1v) is 30.1. The van der Waals surface area contributed by atoms with Gasteiger partial charge in [0.2, 0.25) is 0 Å². The Morgan fingerprint density at radius 3 is 0.662 bits per heavy atom. The molecule has 1 aromatic heterocycles. The van der Waals surface area contributed by atoms with E-state index in [1.807, 2.05) is 0 Å².